The number of hydrogen-bond acceptors (Lipinski definition) is 5. The summed E-state index contributed by atoms with van der Waals surface area (Å²) in [5.41, 5.74) is 0.842. The molecule has 0 saturated carbocycles. The van der Waals surface area contributed by atoms with Crippen LogP contribution in [0.3, 0.4) is 0 Å². The Balaban J connectivity index is 2.17. The third-order valence-corrected chi connectivity index (χ3v) is 4.07. The number of benzene rings is 1. The van der Waals surface area contributed by atoms with Gasteiger partial charge < -0.3 is 10.1 Å². The largest absolute Gasteiger partial charge is 0.497 e. The highest BCUT2D eigenvalue weighted by Gasteiger charge is 2.30. The van der Waals surface area contributed by atoms with Gasteiger partial charge in [0.25, 0.3) is 5.91 Å². The first-order valence-corrected chi connectivity index (χ1v) is 8.44. The second-order valence-electron chi connectivity index (χ2n) is 6.45. The van der Waals surface area contributed by atoms with Crippen molar-refractivity contribution in [2.45, 2.75) is 39.2 Å². The van der Waals surface area contributed by atoms with Crippen LogP contribution in [0.15, 0.2) is 24.3 Å². The highest BCUT2D eigenvalue weighted by molar-refractivity contribution is 5.84. The van der Waals surface area contributed by atoms with Gasteiger partial charge in [-0.25, -0.2) is 10.0 Å². The van der Waals surface area contributed by atoms with Crippen molar-refractivity contribution in [2.75, 3.05) is 25.5 Å². The van der Waals surface area contributed by atoms with E-state index in [-0.39, 0.29) is 11.9 Å². The minimum Gasteiger partial charge on any atom is -0.497 e. The van der Waals surface area contributed by atoms with E-state index >= 15 is 0 Å². The number of nitriles is 1. The molecular weight excluding hydrogens is 304 g/mol. The summed E-state index contributed by atoms with van der Waals surface area (Å²) in [5.74, 6) is 1.05. The Morgan fingerprint density at radius 2 is 2.12 bits per heavy atom. The Morgan fingerprint density at radius 3 is 2.79 bits per heavy atom. The van der Waals surface area contributed by atoms with Gasteiger partial charge in [0, 0.05) is 18.3 Å². The first kappa shape index (κ1) is 17.9. The molecule has 24 heavy (non-hydrogen) atoms. The lowest BCUT2D eigenvalue weighted by Gasteiger charge is -2.37. The number of amides is 1. The number of carbonyl (C=O) groups excluding carboxylic acids is 1. The van der Waals surface area contributed by atoms with Crippen molar-refractivity contribution < 1.29 is 9.53 Å². The molecule has 1 atom stereocenters. The van der Waals surface area contributed by atoms with Gasteiger partial charge in [-0.15, -0.1) is 0 Å². The van der Waals surface area contributed by atoms with Gasteiger partial charge in [0.15, 0.2) is 6.19 Å². The molecule has 1 aliphatic heterocycles. The van der Waals surface area contributed by atoms with Crippen molar-refractivity contribution in [3.05, 3.63) is 24.3 Å². The number of nitrogens with zero attached hydrogens (tertiary/aromatic N) is 3. The fourth-order valence-electron chi connectivity index (χ4n) is 2.88. The molecule has 0 aromatic heterocycles. The van der Waals surface area contributed by atoms with Gasteiger partial charge in [0.2, 0.25) is 0 Å². The predicted molar refractivity (Wildman–Crippen MR) is 93.1 cm³/mol. The van der Waals surface area contributed by atoms with Gasteiger partial charge in [-0.05, 0) is 37.3 Å². The van der Waals surface area contributed by atoms with Crippen LogP contribution in [0.1, 0.15) is 33.1 Å². The first-order valence-electron chi connectivity index (χ1n) is 8.44. The normalized spacial score (nSPS) is 15.8. The van der Waals surface area contributed by atoms with Gasteiger partial charge in [-0.2, -0.15) is 5.26 Å². The molecule has 6 heteroatoms. The van der Waals surface area contributed by atoms with Crippen molar-refractivity contribution in [1.29, 1.82) is 5.26 Å². The number of hydrazine groups is 1. The van der Waals surface area contributed by atoms with E-state index in [1.807, 2.05) is 24.3 Å². The van der Waals surface area contributed by atoms with Gasteiger partial charge in [-0.1, -0.05) is 19.9 Å². The third kappa shape index (κ3) is 4.54. The molecule has 0 spiro atoms. The van der Waals surface area contributed by atoms with E-state index in [1.165, 1.54) is 5.01 Å². The monoisotopic (exact) mass is 330 g/mol. The average molecular weight is 330 g/mol. The molecule has 1 unspecified atom stereocenters. The second kappa shape index (κ2) is 8.44. The summed E-state index contributed by atoms with van der Waals surface area (Å²) < 4.78 is 5.24. The number of carbonyl (C=O) groups is 1. The molecular formula is C18H26N4O2. The maximum absolute atomic E-state index is 13.0. The second-order valence-corrected chi connectivity index (χ2v) is 6.45. The van der Waals surface area contributed by atoms with Crippen LogP contribution in [0, 0.1) is 17.4 Å². The minimum atomic E-state index is -0.369. The standard InChI is InChI=1S/C18H26N4O2/c1-14(2)11-17(20-15-7-6-8-16(12-15)24-3)18(23)22-10-5-4-9-21(22)13-19/h6-8,12,14,17,20H,4-5,9-11H2,1-3H3. The molecule has 130 valence electrons. The molecule has 6 nitrogen and oxygen atoms in total. The Kier molecular flexibility index (Phi) is 6.30. The highest BCUT2D eigenvalue weighted by Crippen LogP contribution is 2.21. The summed E-state index contributed by atoms with van der Waals surface area (Å²) >= 11 is 0. The van der Waals surface area contributed by atoms with Crippen LogP contribution in [0.25, 0.3) is 0 Å². The lowest BCUT2D eigenvalue weighted by Crippen LogP contribution is -2.53. The molecule has 1 N–H and O–H groups in total. The summed E-state index contributed by atoms with van der Waals surface area (Å²) in [4.78, 5) is 13.0. The number of hydrogen-bond donors (Lipinski definition) is 1. The topological polar surface area (TPSA) is 68.6 Å². The molecule has 1 amide bonds. The van der Waals surface area contributed by atoms with E-state index < -0.39 is 0 Å². The van der Waals surface area contributed by atoms with Gasteiger partial charge in [0.1, 0.15) is 11.8 Å². The summed E-state index contributed by atoms with van der Waals surface area (Å²) in [6.45, 7) is 5.38. The third-order valence-electron chi connectivity index (χ3n) is 4.07. The lowest BCUT2D eigenvalue weighted by atomic mass is 10.0. The van der Waals surface area contributed by atoms with Crippen molar-refractivity contribution >= 4 is 11.6 Å². The number of methoxy groups -OCH3 is 1. The van der Waals surface area contributed by atoms with Gasteiger partial charge >= 0.3 is 0 Å². The Labute approximate surface area is 144 Å². The van der Waals surface area contributed by atoms with E-state index in [2.05, 4.69) is 25.4 Å². The van der Waals surface area contributed by atoms with Crippen molar-refractivity contribution in [1.82, 2.24) is 10.0 Å². The van der Waals surface area contributed by atoms with Crippen LogP contribution < -0.4 is 10.1 Å². The molecule has 0 radical (unpaired) electrons. The quantitative estimate of drug-likeness (QED) is 0.812. The zero-order chi connectivity index (χ0) is 17.5. The summed E-state index contributed by atoms with van der Waals surface area (Å²) in [6, 6.07) is 7.18. The first-order chi connectivity index (χ1) is 11.5. The molecule has 2 rings (SSSR count). The average Bonchev–Trinajstić information content (AvgIpc) is 2.60. The number of rotatable bonds is 6. The van der Waals surface area contributed by atoms with E-state index in [9.17, 15) is 10.1 Å². The lowest BCUT2D eigenvalue weighted by molar-refractivity contribution is -0.147. The minimum absolute atomic E-state index is 0.0484. The Hall–Kier alpha value is -2.42. The van der Waals surface area contributed by atoms with Crippen LogP contribution in [-0.2, 0) is 4.79 Å². The summed E-state index contributed by atoms with van der Waals surface area (Å²) in [5, 5.41) is 15.7. The zero-order valence-electron chi connectivity index (χ0n) is 14.7. The number of anilines is 1. The molecule has 1 heterocycles. The molecule has 1 aromatic rings. The highest BCUT2D eigenvalue weighted by atomic mass is 16.5. The Morgan fingerprint density at radius 1 is 1.38 bits per heavy atom. The van der Waals surface area contributed by atoms with Crippen LogP contribution >= 0.6 is 0 Å². The van der Waals surface area contributed by atoms with Crippen molar-refractivity contribution in [3.63, 3.8) is 0 Å². The van der Waals surface area contributed by atoms with Crippen LogP contribution in [-0.4, -0.2) is 42.2 Å². The SMILES string of the molecule is COc1cccc(NC(CC(C)C)C(=O)N2CCCCN2C#N)c1. The van der Waals surface area contributed by atoms with Crippen molar-refractivity contribution in [2.24, 2.45) is 5.92 Å². The van der Waals surface area contributed by atoms with E-state index in [0.717, 1.165) is 24.3 Å². The number of nitrogens with one attached hydrogen (secondary N) is 1. The zero-order valence-corrected chi connectivity index (χ0v) is 14.7. The summed E-state index contributed by atoms with van der Waals surface area (Å²) in [6.07, 6.45) is 4.68. The van der Waals surface area contributed by atoms with Crippen molar-refractivity contribution in [3.8, 4) is 11.9 Å². The molecule has 1 aromatic carbocycles. The fourth-order valence-corrected chi connectivity index (χ4v) is 2.88. The van der Waals surface area contributed by atoms with Crippen LogP contribution in [0.5, 0.6) is 5.75 Å². The summed E-state index contributed by atoms with van der Waals surface area (Å²) in [7, 11) is 1.62. The smallest absolute Gasteiger partial charge is 0.264 e. The number of ether oxygens (including phenoxy) is 1. The van der Waals surface area contributed by atoms with Gasteiger partial charge in [0.05, 0.1) is 13.7 Å². The molecule has 1 fully saturated rings. The van der Waals surface area contributed by atoms with E-state index in [0.29, 0.717) is 25.4 Å². The van der Waals surface area contributed by atoms with Crippen LogP contribution in [0.2, 0.25) is 0 Å². The Bertz CT molecular complexity index is 597. The molecule has 1 aliphatic rings. The van der Waals surface area contributed by atoms with E-state index in [4.69, 9.17) is 4.74 Å². The fraction of sp³-hybridized carbons (Fsp3) is 0.556. The molecule has 0 aliphatic carbocycles. The maximum Gasteiger partial charge on any atom is 0.264 e. The predicted octanol–water partition coefficient (Wildman–Crippen LogP) is 2.84. The molecule has 0 bridgehead atoms. The van der Waals surface area contributed by atoms with E-state index in [1.54, 1.807) is 12.1 Å². The molecule has 1 saturated heterocycles. The maximum atomic E-state index is 13.0. The van der Waals surface area contributed by atoms with Gasteiger partial charge in [-0.3, -0.25) is 4.79 Å². The van der Waals surface area contributed by atoms with Crippen LogP contribution in [0.4, 0.5) is 5.69 Å².